The van der Waals surface area contributed by atoms with Crippen molar-refractivity contribution < 1.29 is 37.4 Å². The van der Waals surface area contributed by atoms with E-state index in [4.69, 9.17) is 14.2 Å². The molecule has 1 saturated heterocycles. The Labute approximate surface area is 311 Å². The Morgan fingerprint density at radius 2 is 1.71 bits per heavy atom. The van der Waals surface area contributed by atoms with Gasteiger partial charge >= 0.3 is 0 Å². The number of amides is 3. The van der Waals surface area contributed by atoms with Gasteiger partial charge in [0.25, 0.3) is 5.91 Å². The summed E-state index contributed by atoms with van der Waals surface area (Å²) in [6, 6.07) is 14.6. The van der Waals surface area contributed by atoms with Gasteiger partial charge in [-0.05, 0) is 66.4 Å². The van der Waals surface area contributed by atoms with E-state index < -0.39 is 23.6 Å². The second-order valence-electron chi connectivity index (χ2n) is 13.5. The minimum absolute atomic E-state index is 0.0644. The average molecular weight is 741 g/mol. The van der Waals surface area contributed by atoms with E-state index in [2.05, 4.69) is 37.1 Å². The third kappa shape index (κ3) is 6.54. The van der Waals surface area contributed by atoms with Gasteiger partial charge < -0.3 is 24.1 Å². The molecule has 274 valence electrons. The maximum atomic E-state index is 15.2. The SMILES string of the molecule is O=C1CCC(N2Cc3cc(OCC#Cc4ccc(OC5CC(Oc6ccc(-c7cc8[nH]c9ccncc9c8c(F)c7F)cn6)C5)cn4)ccc3C2=O)C(=O)N1. The molecule has 3 aliphatic rings. The van der Waals surface area contributed by atoms with Crippen LogP contribution in [0, 0.1) is 23.5 Å². The molecule has 3 amide bonds. The Morgan fingerprint density at radius 1 is 0.855 bits per heavy atom. The number of ether oxygens (including phenoxy) is 3. The van der Waals surface area contributed by atoms with E-state index in [0.29, 0.717) is 69.9 Å². The van der Waals surface area contributed by atoms with Crippen LogP contribution in [0.4, 0.5) is 8.78 Å². The number of nitrogens with zero attached hydrogens (tertiary/aromatic N) is 4. The third-order valence-electron chi connectivity index (χ3n) is 10.0. The molecule has 2 N–H and O–H groups in total. The number of pyridine rings is 3. The number of rotatable bonds is 8. The predicted molar refractivity (Wildman–Crippen MR) is 194 cm³/mol. The normalized spacial score (nSPS) is 19.1. The molecule has 6 aromatic rings. The lowest BCUT2D eigenvalue weighted by molar-refractivity contribution is -0.136. The highest BCUT2D eigenvalue weighted by atomic mass is 19.2. The third-order valence-corrected chi connectivity index (χ3v) is 10.0. The number of imide groups is 1. The van der Waals surface area contributed by atoms with Crippen molar-refractivity contribution in [3.63, 3.8) is 0 Å². The molecule has 6 heterocycles. The Morgan fingerprint density at radius 3 is 2.51 bits per heavy atom. The van der Waals surface area contributed by atoms with Gasteiger partial charge in [0.15, 0.2) is 11.6 Å². The van der Waals surface area contributed by atoms with Crippen LogP contribution in [0.2, 0.25) is 0 Å². The number of halogens is 2. The first-order valence-electron chi connectivity index (χ1n) is 17.7. The minimum Gasteiger partial charge on any atom is -0.489 e. The van der Waals surface area contributed by atoms with Gasteiger partial charge in [0.05, 0.1) is 11.7 Å². The number of fused-ring (bicyclic) bond motifs is 4. The van der Waals surface area contributed by atoms with Crippen molar-refractivity contribution in [3.05, 3.63) is 108 Å². The number of carbonyl (C=O) groups excluding carboxylic acids is 3. The minimum atomic E-state index is -0.953. The smallest absolute Gasteiger partial charge is 0.255 e. The van der Waals surface area contributed by atoms with Gasteiger partial charge in [0, 0.05) is 83.4 Å². The van der Waals surface area contributed by atoms with E-state index in [1.807, 2.05) is 0 Å². The molecule has 55 heavy (non-hydrogen) atoms. The quantitative estimate of drug-likeness (QED) is 0.150. The van der Waals surface area contributed by atoms with Gasteiger partial charge in [0.2, 0.25) is 17.7 Å². The molecule has 2 fully saturated rings. The Bertz CT molecular complexity index is 2580. The topological polar surface area (TPSA) is 149 Å². The molecule has 1 saturated carbocycles. The van der Waals surface area contributed by atoms with Crippen LogP contribution in [-0.2, 0) is 16.1 Å². The summed E-state index contributed by atoms with van der Waals surface area (Å²) in [5.74, 6) is 4.52. The maximum Gasteiger partial charge on any atom is 0.255 e. The number of aromatic amines is 1. The van der Waals surface area contributed by atoms with Gasteiger partial charge in [-0.3, -0.25) is 24.7 Å². The summed E-state index contributed by atoms with van der Waals surface area (Å²) >= 11 is 0. The summed E-state index contributed by atoms with van der Waals surface area (Å²) < 4.78 is 48.1. The lowest BCUT2D eigenvalue weighted by Gasteiger charge is -2.34. The van der Waals surface area contributed by atoms with Gasteiger partial charge in [-0.15, -0.1) is 0 Å². The molecule has 0 radical (unpaired) electrons. The molecule has 12 nitrogen and oxygen atoms in total. The van der Waals surface area contributed by atoms with Gasteiger partial charge in [-0.25, -0.2) is 18.7 Å². The van der Waals surface area contributed by atoms with E-state index in [9.17, 15) is 14.4 Å². The maximum absolute atomic E-state index is 15.2. The van der Waals surface area contributed by atoms with Crippen LogP contribution >= 0.6 is 0 Å². The zero-order chi connectivity index (χ0) is 37.6. The molecule has 2 aromatic carbocycles. The monoisotopic (exact) mass is 740 g/mol. The van der Waals surface area contributed by atoms with Crippen molar-refractivity contribution in [1.29, 1.82) is 0 Å². The highest BCUT2D eigenvalue weighted by molar-refractivity contribution is 6.08. The summed E-state index contributed by atoms with van der Waals surface area (Å²) in [7, 11) is 0. The molecular weight excluding hydrogens is 710 g/mol. The number of piperidine rings is 1. The van der Waals surface area contributed by atoms with Crippen LogP contribution in [0.3, 0.4) is 0 Å². The van der Waals surface area contributed by atoms with Gasteiger partial charge in [0.1, 0.15) is 42.0 Å². The van der Waals surface area contributed by atoms with Crippen LogP contribution in [0.1, 0.15) is 47.3 Å². The van der Waals surface area contributed by atoms with Gasteiger partial charge in [-0.2, -0.15) is 0 Å². The van der Waals surface area contributed by atoms with E-state index in [1.165, 1.54) is 17.3 Å². The number of benzene rings is 2. The molecule has 4 aromatic heterocycles. The zero-order valence-corrected chi connectivity index (χ0v) is 29.0. The highest BCUT2D eigenvalue weighted by Crippen LogP contribution is 2.36. The van der Waals surface area contributed by atoms with Crippen molar-refractivity contribution in [3.8, 4) is 40.3 Å². The number of carbonyl (C=O) groups is 3. The highest BCUT2D eigenvalue weighted by Gasteiger charge is 2.39. The van der Waals surface area contributed by atoms with E-state index in [0.717, 1.165) is 5.56 Å². The second-order valence-corrected chi connectivity index (χ2v) is 13.5. The largest absolute Gasteiger partial charge is 0.489 e. The first-order chi connectivity index (χ1) is 26.8. The van der Waals surface area contributed by atoms with Crippen LogP contribution in [0.15, 0.2) is 79.4 Å². The standard InChI is InChI=1S/C41H30F2N6O6/c42-38-30(17-33-37(39(38)43)31-20-44-12-11-32(31)47-33)22-3-10-36(46-18-22)55-28-15-27(16-28)54-26-5-4-24(45-19-26)2-1-13-53-25-6-7-29-23(14-25)21-49(41(29)52)34-8-9-35(50)48-40(34)51/h3-7,10-12,14,17-20,27-28,34,47H,8-9,13,15-16,21H2,(H,48,50,51). The number of H-pyrrole nitrogens is 1. The summed E-state index contributed by atoms with van der Waals surface area (Å²) in [5, 5.41) is 2.99. The number of hydrogen-bond donors (Lipinski definition) is 2. The van der Waals surface area contributed by atoms with Crippen LogP contribution in [-0.4, -0.2) is 67.4 Å². The fraction of sp³-hybridized carbons (Fsp3) is 0.220. The summed E-state index contributed by atoms with van der Waals surface area (Å²) in [5.41, 5.74) is 3.46. The molecule has 0 spiro atoms. The van der Waals surface area contributed by atoms with Crippen LogP contribution in [0.25, 0.3) is 32.9 Å². The number of aromatic nitrogens is 4. The molecule has 1 aliphatic carbocycles. The molecule has 14 heteroatoms. The van der Waals surface area contributed by atoms with Crippen molar-refractivity contribution in [2.24, 2.45) is 0 Å². The van der Waals surface area contributed by atoms with E-state index in [1.54, 1.807) is 67.0 Å². The molecule has 2 aliphatic heterocycles. The Hall–Kier alpha value is -6.88. The van der Waals surface area contributed by atoms with Crippen molar-refractivity contribution >= 4 is 39.5 Å². The lowest BCUT2D eigenvalue weighted by Crippen LogP contribution is -2.52. The first kappa shape index (κ1) is 33.9. The first-order valence-corrected chi connectivity index (χ1v) is 17.7. The summed E-state index contributed by atoms with van der Waals surface area (Å²) in [4.78, 5) is 54.0. The van der Waals surface area contributed by atoms with Crippen molar-refractivity contribution in [2.75, 3.05) is 6.61 Å². The van der Waals surface area contributed by atoms with E-state index in [-0.39, 0.29) is 54.5 Å². The molecule has 1 atom stereocenters. The average Bonchev–Trinajstić information content (AvgIpc) is 3.71. The number of hydrogen-bond acceptors (Lipinski definition) is 9. The Balaban J connectivity index is 0.737. The van der Waals surface area contributed by atoms with Crippen LogP contribution in [0.5, 0.6) is 17.4 Å². The molecular formula is C41H30F2N6O6. The fourth-order valence-corrected chi connectivity index (χ4v) is 7.14. The van der Waals surface area contributed by atoms with Crippen molar-refractivity contribution in [2.45, 2.75) is 50.5 Å². The lowest BCUT2D eigenvalue weighted by atomic mass is 9.92. The fourth-order valence-electron chi connectivity index (χ4n) is 7.14. The molecule has 1 unspecified atom stereocenters. The van der Waals surface area contributed by atoms with Crippen LogP contribution < -0.4 is 19.5 Å². The Kier molecular flexibility index (Phi) is 8.53. The molecule has 0 bridgehead atoms. The molecule has 9 rings (SSSR count). The van der Waals surface area contributed by atoms with Gasteiger partial charge in [-0.1, -0.05) is 5.92 Å². The summed E-state index contributed by atoms with van der Waals surface area (Å²) in [6.07, 6.45) is 7.78. The zero-order valence-electron chi connectivity index (χ0n) is 29.0. The predicted octanol–water partition coefficient (Wildman–Crippen LogP) is 5.63. The summed E-state index contributed by atoms with van der Waals surface area (Å²) in [6.45, 7) is 0.359. The second kappa shape index (κ2) is 13.8. The number of nitrogens with one attached hydrogen (secondary N) is 2. The van der Waals surface area contributed by atoms with E-state index >= 15 is 8.78 Å². The van der Waals surface area contributed by atoms with Crippen molar-refractivity contribution in [1.82, 2.24) is 30.2 Å².